The first-order chi connectivity index (χ1) is 9.06. The molecule has 0 aromatic heterocycles. The van der Waals surface area contributed by atoms with E-state index in [1.54, 1.807) is 6.07 Å². The number of rotatable bonds is 6. The van der Waals surface area contributed by atoms with Crippen molar-refractivity contribution in [3.63, 3.8) is 0 Å². The molecule has 0 aliphatic rings. The number of nitrogens with one attached hydrogen (secondary N) is 2. The fourth-order valence-electron chi connectivity index (χ4n) is 1.45. The van der Waals surface area contributed by atoms with Gasteiger partial charge in [-0.05, 0) is 34.5 Å². The Morgan fingerprint density at radius 2 is 2.00 bits per heavy atom. The molecule has 0 saturated heterocycles. The zero-order valence-electron chi connectivity index (χ0n) is 10.6. The van der Waals surface area contributed by atoms with Gasteiger partial charge in [0.2, 0.25) is 5.91 Å². The summed E-state index contributed by atoms with van der Waals surface area (Å²) in [7, 11) is 0. The van der Waals surface area contributed by atoms with Crippen LogP contribution in [0.4, 0.5) is 4.39 Å². The number of amides is 2. The lowest BCUT2D eigenvalue weighted by Crippen LogP contribution is -2.31. The molecule has 1 aromatic carbocycles. The highest BCUT2D eigenvalue weighted by molar-refractivity contribution is 9.10. The number of hydrogen-bond acceptors (Lipinski definition) is 2. The standard InChI is InChI=1S/C13H16BrFN2O2/c1-2-7-16-11(18)6-8-17-13(19)12-9(14)4-3-5-10(12)15/h3-5H,2,6-8H2,1H3,(H,16,18)(H,17,19). The Hall–Kier alpha value is -1.43. The predicted molar refractivity (Wildman–Crippen MR) is 74.4 cm³/mol. The monoisotopic (exact) mass is 330 g/mol. The van der Waals surface area contributed by atoms with Gasteiger partial charge in [-0.25, -0.2) is 4.39 Å². The summed E-state index contributed by atoms with van der Waals surface area (Å²) in [5.41, 5.74) is -0.0449. The fraction of sp³-hybridized carbons (Fsp3) is 0.385. The third-order valence-corrected chi connectivity index (χ3v) is 3.06. The highest BCUT2D eigenvalue weighted by Gasteiger charge is 2.15. The Morgan fingerprint density at radius 1 is 1.26 bits per heavy atom. The molecule has 0 bridgehead atoms. The Bertz CT molecular complexity index is 446. The van der Waals surface area contributed by atoms with Crippen molar-refractivity contribution in [3.05, 3.63) is 34.1 Å². The molecule has 0 aliphatic carbocycles. The Morgan fingerprint density at radius 3 is 2.63 bits per heavy atom. The zero-order valence-corrected chi connectivity index (χ0v) is 12.2. The molecule has 0 aliphatic heterocycles. The molecule has 1 aromatic rings. The van der Waals surface area contributed by atoms with Crippen LogP contribution in [0, 0.1) is 5.82 Å². The van der Waals surface area contributed by atoms with Gasteiger partial charge in [0, 0.05) is 24.0 Å². The fourth-order valence-corrected chi connectivity index (χ4v) is 1.97. The molecule has 0 unspecified atom stereocenters. The van der Waals surface area contributed by atoms with E-state index in [9.17, 15) is 14.0 Å². The van der Waals surface area contributed by atoms with Crippen LogP contribution in [0.15, 0.2) is 22.7 Å². The first-order valence-corrected chi connectivity index (χ1v) is 6.84. The smallest absolute Gasteiger partial charge is 0.255 e. The van der Waals surface area contributed by atoms with Crippen LogP contribution in [0.1, 0.15) is 30.1 Å². The minimum atomic E-state index is -0.595. The van der Waals surface area contributed by atoms with Crippen LogP contribution in [0.25, 0.3) is 0 Å². The van der Waals surface area contributed by atoms with E-state index < -0.39 is 11.7 Å². The van der Waals surface area contributed by atoms with Crippen LogP contribution in [0.5, 0.6) is 0 Å². The van der Waals surface area contributed by atoms with Gasteiger partial charge in [0.15, 0.2) is 0 Å². The first kappa shape index (κ1) is 15.6. The summed E-state index contributed by atoms with van der Waals surface area (Å²) in [5.74, 6) is -1.26. The molecule has 104 valence electrons. The van der Waals surface area contributed by atoms with Crippen LogP contribution in [-0.4, -0.2) is 24.9 Å². The molecule has 2 amide bonds. The van der Waals surface area contributed by atoms with E-state index in [0.29, 0.717) is 11.0 Å². The van der Waals surface area contributed by atoms with Gasteiger partial charge in [-0.3, -0.25) is 9.59 Å². The molecule has 0 saturated carbocycles. The van der Waals surface area contributed by atoms with Gasteiger partial charge in [-0.2, -0.15) is 0 Å². The molecule has 4 nitrogen and oxygen atoms in total. The zero-order chi connectivity index (χ0) is 14.3. The van der Waals surface area contributed by atoms with Gasteiger partial charge >= 0.3 is 0 Å². The summed E-state index contributed by atoms with van der Waals surface area (Å²) in [6.45, 7) is 2.75. The van der Waals surface area contributed by atoms with Gasteiger partial charge in [0.25, 0.3) is 5.91 Å². The van der Waals surface area contributed by atoms with Crippen molar-refractivity contribution in [2.45, 2.75) is 19.8 Å². The van der Waals surface area contributed by atoms with Crippen molar-refractivity contribution in [2.24, 2.45) is 0 Å². The first-order valence-electron chi connectivity index (χ1n) is 6.05. The van der Waals surface area contributed by atoms with E-state index in [0.717, 1.165) is 6.42 Å². The third-order valence-electron chi connectivity index (χ3n) is 2.40. The van der Waals surface area contributed by atoms with E-state index in [1.165, 1.54) is 12.1 Å². The average molecular weight is 331 g/mol. The van der Waals surface area contributed by atoms with Crippen LogP contribution in [0.2, 0.25) is 0 Å². The van der Waals surface area contributed by atoms with Crippen LogP contribution in [0.3, 0.4) is 0 Å². The minimum Gasteiger partial charge on any atom is -0.356 e. The van der Waals surface area contributed by atoms with Crippen LogP contribution >= 0.6 is 15.9 Å². The summed E-state index contributed by atoms with van der Waals surface area (Å²) in [5, 5.41) is 5.21. The van der Waals surface area contributed by atoms with Crippen molar-refractivity contribution in [1.29, 1.82) is 0 Å². The molecule has 1 rings (SSSR count). The highest BCUT2D eigenvalue weighted by atomic mass is 79.9. The molecule has 2 N–H and O–H groups in total. The SMILES string of the molecule is CCCNC(=O)CCNC(=O)c1c(F)cccc1Br. The van der Waals surface area contributed by atoms with Gasteiger partial charge in [0.1, 0.15) is 5.82 Å². The number of hydrogen-bond donors (Lipinski definition) is 2. The summed E-state index contributed by atoms with van der Waals surface area (Å²) in [6.07, 6.45) is 1.04. The summed E-state index contributed by atoms with van der Waals surface area (Å²) >= 11 is 3.12. The Kier molecular flexibility index (Phi) is 6.49. The predicted octanol–water partition coefficient (Wildman–Crippen LogP) is 2.23. The van der Waals surface area contributed by atoms with Gasteiger partial charge < -0.3 is 10.6 Å². The molecular formula is C13H16BrFN2O2. The summed E-state index contributed by atoms with van der Waals surface area (Å²) < 4.78 is 13.9. The number of carbonyl (C=O) groups excluding carboxylic acids is 2. The molecular weight excluding hydrogens is 315 g/mol. The van der Waals surface area contributed by atoms with Crippen LogP contribution in [-0.2, 0) is 4.79 Å². The largest absolute Gasteiger partial charge is 0.356 e. The number of benzene rings is 1. The maximum absolute atomic E-state index is 13.5. The van der Waals surface area contributed by atoms with Gasteiger partial charge in [-0.1, -0.05) is 13.0 Å². The molecule has 19 heavy (non-hydrogen) atoms. The molecule has 0 atom stereocenters. The summed E-state index contributed by atoms with van der Waals surface area (Å²) in [4.78, 5) is 23.1. The quantitative estimate of drug-likeness (QED) is 0.840. The van der Waals surface area contributed by atoms with E-state index in [1.807, 2.05) is 6.92 Å². The van der Waals surface area contributed by atoms with Crippen molar-refractivity contribution in [2.75, 3.05) is 13.1 Å². The number of carbonyl (C=O) groups is 2. The van der Waals surface area contributed by atoms with E-state index in [-0.39, 0.29) is 24.4 Å². The Labute approximate surface area is 119 Å². The second-order valence-corrected chi connectivity index (χ2v) is 4.81. The molecule has 6 heteroatoms. The maximum atomic E-state index is 13.5. The van der Waals surface area contributed by atoms with E-state index >= 15 is 0 Å². The van der Waals surface area contributed by atoms with Crippen molar-refractivity contribution in [3.8, 4) is 0 Å². The molecule has 0 heterocycles. The second kappa shape index (κ2) is 7.89. The topological polar surface area (TPSA) is 58.2 Å². The molecule has 0 radical (unpaired) electrons. The lowest BCUT2D eigenvalue weighted by molar-refractivity contribution is -0.120. The van der Waals surface area contributed by atoms with Crippen molar-refractivity contribution in [1.82, 2.24) is 10.6 Å². The van der Waals surface area contributed by atoms with Gasteiger partial charge in [-0.15, -0.1) is 0 Å². The normalized spacial score (nSPS) is 10.1. The maximum Gasteiger partial charge on any atom is 0.255 e. The molecule has 0 fully saturated rings. The second-order valence-electron chi connectivity index (χ2n) is 3.95. The lowest BCUT2D eigenvalue weighted by atomic mass is 10.2. The van der Waals surface area contributed by atoms with Crippen molar-refractivity contribution >= 4 is 27.7 Å². The van der Waals surface area contributed by atoms with E-state index in [4.69, 9.17) is 0 Å². The Balaban J connectivity index is 2.46. The van der Waals surface area contributed by atoms with Crippen LogP contribution < -0.4 is 10.6 Å². The lowest BCUT2D eigenvalue weighted by Gasteiger charge is -2.08. The average Bonchev–Trinajstić information content (AvgIpc) is 2.36. The third kappa shape index (κ3) is 4.98. The molecule has 0 spiro atoms. The highest BCUT2D eigenvalue weighted by Crippen LogP contribution is 2.19. The minimum absolute atomic E-state index is 0.0449. The van der Waals surface area contributed by atoms with Gasteiger partial charge in [0.05, 0.1) is 5.56 Å². The summed E-state index contributed by atoms with van der Waals surface area (Å²) in [6, 6.07) is 4.31. The van der Waals surface area contributed by atoms with Crippen molar-refractivity contribution < 1.29 is 14.0 Å². The van der Waals surface area contributed by atoms with E-state index in [2.05, 4.69) is 26.6 Å². The number of halogens is 2.